The van der Waals surface area contributed by atoms with Crippen molar-refractivity contribution in [2.24, 2.45) is 0 Å². The van der Waals surface area contributed by atoms with E-state index >= 15 is 0 Å². The lowest BCUT2D eigenvalue weighted by Gasteiger charge is -2.30. The summed E-state index contributed by atoms with van der Waals surface area (Å²) in [6, 6.07) is 22.7. The van der Waals surface area contributed by atoms with E-state index in [0.717, 1.165) is 24.3 Å². The van der Waals surface area contributed by atoms with Gasteiger partial charge in [0.15, 0.2) is 0 Å². The number of ether oxygens (including phenoxy) is 1. The Bertz CT molecular complexity index is 1230. The van der Waals surface area contributed by atoms with Gasteiger partial charge in [-0.2, -0.15) is 5.26 Å². The molecule has 164 valence electrons. The molecule has 1 heterocycles. The van der Waals surface area contributed by atoms with Gasteiger partial charge < -0.3 is 9.64 Å². The number of hydrogen-bond donors (Lipinski definition) is 0. The predicted molar refractivity (Wildman–Crippen MR) is 125 cm³/mol. The molecule has 0 aliphatic carbocycles. The lowest BCUT2D eigenvalue weighted by Crippen LogP contribution is -2.36. The van der Waals surface area contributed by atoms with Gasteiger partial charge in [0.1, 0.15) is 0 Å². The van der Waals surface area contributed by atoms with Gasteiger partial charge in [-0.1, -0.05) is 35.9 Å². The van der Waals surface area contributed by atoms with Crippen molar-refractivity contribution in [1.82, 2.24) is 0 Å². The first-order chi connectivity index (χ1) is 15.5. The third-order valence-corrected chi connectivity index (χ3v) is 7.31. The first-order valence-corrected chi connectivity index (χ1v) is 12.0. The van der Waals surface area contributed by atoms with Crippen molar-refractivity contribution in [3.05, 3.63) is 88.9 Å². The molecule has 32 heavy (non-hydrogen) atoms. The minimum atomic E-state index is -3.94. The van der Waals surface area contributed by atoms with Crippen molar-refractivity contribution in [2.75, 3.05) is 35.5 Å². The number of anilines is 2. The molecule has 1 saturated heterocycles. The molecule has 0 atom stereocenters. The Morgan fingerprint density at radius 1 is 1.00 bits per heavy atom. The van der Waals surface area contributed by atoms with E-state index in [2.05, 4.69) is 4.90 Å². The number of nitriles is 1. The zero-order chi connectivity index (χ0) is 22.6. The van der Waals surface area contributed by atoms with Crippen molar-refractivity contribution < 1.29 is 13.2 Å². The van der Waals surface area contributed by atoms with E-state index < -0.39 is 10.0 Å². The molecule has 1 aliphatic heterocycles. The number of benzene rings is 3. The summed E-state index contributed by atoms with van der Waals surface area (Å²) in [6.07, 6.45) is 0. The predicted octanol–water partition coefficient (Wildman–Crippen LogP) is 4.44. The fourth-order valence-corrected chi connectivity index (χ4v) is 5.21. The quantitative estimate of drug-likeness (QED) is 0.535. The molecular weight excluding hydrogens is 446 g/mol. The standard InChI is InChI=1S/C24H22ClN3O3S/c25-21-9-7-19(8-10-21)18-28(32(29,30)24-6-1-3-20(15-24)17-26)23-5-2-4-22(16-23)27-11-13-31-14-12-27/h1-10,15-16H,11-14,18H2. The molecule has 0 amide bonds. The Labute approximate surface area is 193 Å². The molecule has 1 fully saturated rings. The molecule has 0 bridgehead atoms. The monoisotopic (exact) mass is 467 g/mol. The third kappa shape index (κ3) is 4.89. The lowest BCUT2D eigenvalue weighted by molar-refractivity contribution is 0.122. The number of nitrogens with zero attached hydrogens (tertiary/aromatic N) is 3. The van der Waals surface area contributed by atoms with Crippen molar-refractivity contribution in [3.63, 3.8) is 0 Å². The second-order valence-corrected chi connectivity index (χ2v) is 9.70. The highest BCUT2D eigenvalue weighted by atomic mass is 35.5. The third-order valence-electron chi connectivity index (χ3n) is 5.28. The van der Waals surface area contributed by atoms with Crippen LogP contribution < -0.4 is 9.21 Å². The minimum Gasteiger partial charge on any atom is -0.378 e. The Morgan fingerprint density at radius 3 is 2.44 bits per heavy atom. The van der Waals surface area contributed by atoms with Gasteiger partial charge in [-0.3, -0.25) is 4.31 Å². The summed E-state index contributed by atoms with van der Waals surface area (Å²) in [7, 11) is -3.94. The molecule has 4 rings (SSSR count). The van der Waals surface area contributed by atoms with Crippen LogP contribution in [0.5, 0.6) is 0 Å². The summed E-state index contributed by atoms with van der Waals surface area (Å²) in [4.78, 5) is 2.25. The van der Waals surface area contributed by atoms with Crippen molar-refractivity contribution >= 4 is 33.0 Å². The van der Waals surface area contributed by atoms with Crippen LogP contribution in [-0.4, -0.2) is 34.7 Å². The van der Waals surface area contributed by atoms with Gasteiger partial charge in [-0.05, 0) is 54.1 Å². The Morgan fingerprint density at radius 2 is 1.72 bits per heavy atom. The number of sulfonamides is 1. The van der Waals surface area contributed by atoms with Gasteiger partial charge in [0.2, 0.25) is 0 Å². The molecular formula is C24H22ClN3O3S. The van der Waals surface area contributed by atoms with Crippen molar-refractivity contribution in [1.29, 1.82) is 5.26 Å². The van der Waals surface area contributed by atoms with Gasteiger partial charge in [0.05, 0.1) is 42.0 Å². The van der Waals surface area contributed by atoms with Crippen LogP contribution >= 0.6 is 11.6 Å². The van der Waals surface area contributed by atoms with Crippen LogP contribution in [0.2, 0.25) is 5.02 Å². The molecule has 0 N–H and O–H groups in total. The molecule has 0 radical (unpaired) electrons. The Hall–Kier alpha value is -3.05. The second kappa shape index (κ2) is 9.61. The molecule has 0 unspecified atom stereocenters. The summed E-state index contributed by atoms with van der Waals surface area (Å²) >= 11 is 6.01. The van der Waals surface area contributed by atoms with E-state index in [1.165, 1.54) is 16.4 Å². The SMILES string of the molecule is N#Cc1cccc(S(=O)(=O)N(Cc2ccc(Cl)cc2)c2cccc(N3CCOCC3)c2)c1. The Kier molecular flexibility index (Phi) is 6.66. The van der Waals surface area contributed by atoms with Crippen LogP contribution in [0.3, 0.4) is 0 Å². The normalized spacial score (nSPS) is 14.1. The molecule has 1 aliphatic rings. The summed E-state index contributed by atoms with van der Waals surface area (Å²) in [6.45, 7) is 2.90. The van der Waals surface area contributed by atoms with Gasteiger partial charge in [0.25, 0.3) is 10.0 Å². The Balaban J connectivity index is 1.77. The van der Waals surface area contributed by atoms with E-state index in [1.807, 2.05) is 36.4 Å². The average molecular weight is 468 g/mol. The zero-order valence-electron chi connectivity index (χ0n) is 17.3. The highest BCUT2D eigenvalue weighted by molar-refractivity contribution is 7.92. The summed E-state index contributed by atoms with van der Waals surface area (Å²) < 4.78 is 34.2. The van der Waals surface area contributed by atoms with Crippen LogP contribution in [0, 0.1) is 11.3 Å². The molecule has 6 nitrogen and oxygen atoms in total. The molecule has 8 heteroatoms. The number of morpholine rings is 1. The molecule has 3 aromatic rings. The topological polar surface area (TPSA) is 73.6 Å². The van der Waals surface area contributed by atoms with Crippen LogP contribution in [0.15, 0.2) is 77.7 Å². The van der Waals surface area contributed by atoms with E-state index in [0.29, 0.717) is 29.5 Å². The van der Waals surface area contributed by atoms with E-state index in [-0.39, 0.29) is 11.4 Å². The van der Waals surface area contributed by atoms with Gasteiger partial charge >= 0.3 is 0 Å². The van der Waals surface area contributed by atoms with E-state index in [9.17, 15) is 13.7 Å². The minimum absolute atomic E-state index is 0.0716. The number of hydrogen-bond acceptors (Lipinski definition) is 5. The maximum Gasteiger partial charge on any atom is 0.264 e. The number of rotatable bonds is 6. The van der Waals surface area contributed by atoms with Crippen LogP contribution in [0.1, 0.15) is 11.1 Å². The fraction of sp³-hybridized carbons (Fsp3) is 0.208. The van der Waals surface area contributed by atoms with Gasteiger partial charge in [-0.25, -0.2) is 8.42 Å². The maximum absolute atomic E-state index is 13.7. The number of halogens is 1. The van der Waals surface area contributed by atoms with Crippen LogP contribution in [-0.2, 0) is 21.3 Å². The van der Waals surface area contributed by atoms with Gasteiger partial charge in [-0.15, -0.1) is 0 Å². The summed E-state index contributed by atoms with van der Waals surface area (Å²) in [5.41, 5.74) is 2.57. The fourth-order valence-electron chi connectivity index (χ4n) is 3.59. The largest absolute Gasteiger partial charge is 0.378 e. The molecule has 3 aromatic carbocycles. The smallest absolute Gasteiger partial charge is 0.264 e. The molecule has 0 aromatic heterocycles. The highest BCUT2D eigenvalue weighted by Crippen LogP contribution is 2.30. The van der Waals surface area contributed by atoms with Crippen molar-refractivity contribution in [3.8, 4) is 6.07 Å². The maximum atomic E-state index is 13.7. The summed E-state index contributed by atoms with van der Waals surface area (Å²) in [5, 5.41) is 9.82. The zero-order valence-corrected chi connectivity index (χ0v) is 18.9. The summed E-state index contributed by atoms with van der Waals surface area (Å²) in [5.74, 6) is 0. The van der Waals surface area contributed by atoms with Crippen LogP contribution in [0.25, 0.3) is 0 Å². The highest BCUT2D eigenvalue weighted by Gasteiger charge is 2.26. The first-order valence-electron chi connectivity index (χ1n) is 10.2. The molecule has 0 saturated carbocycles. The van der Waals surface area contributed by atoms with Gasteiger partial charge in [0, 0.05) is 23.8 Å². The van der Waals surface area contributed by atoms with E-state index in [1.54, 1.807) is 30.3 Å². The van der Waals surface area contributed by atoms with E-state index in [4.69, 9.17) is 16.3 Å². The van der Waals surface area contributed by atoms with Crippen molar-refractivity contribution in [2.45, 2.75) is 11.4 Å². The lowest BCUT2D eigenvalue weighted by atomic mass is 10.2. The molecule has 0 spiro atoms. The average Bonchev–Trinajstić information content (AvgIpc) is 2.84. The van der Waals surface area contributed by atoms with Crippen LogP contribution in [0.4, 0.5) is 11.4 Å². The second-order valence-electron chi connectivity index (χ2n) is 7.40. The first kappa shape index (κ1) is 22.2.